The van der Waals surface area contributed by atoms with Gasteiger partial charge < -0.3 is 14.5 Å². The number of hydrogen-bond acceptors (Lipinski definition) is 7. The van der Waals surface area contributed by atoms with E-state index in [-0.39, 0.29) is 35.0 Å². The normalized spacial score (nSPS) is 22.7. The molecule has 3 aliphatic rings. The van der Waals surface area contributed by atoms with E-state index in [1.807, 2.05) is 18.7 Å². The average Bonchev–Trinajstić information content (AvgIpc) is 3.08. The van der Waals surface area contributed by atoms with Gasteiger partial charge in [-0.15, -0.1) is 16.9 Å². The smallest absolute Gasteiger partial charge is 0.384 e. The van der Waals surface area contributed by atoms with Crippen molar-refractivity contribution < 1.29 is 27.1 Å². The lowest BCUT2D eigenvalue weighted by molar-refractivity contribution is -0.137. The minimum atomic E-state index is -4.68. The quantitative estimate of drug-likeness (QED) is 0.409. The van der Waals surface area contributed by atoms with Gasteiger partial charge in [-0.1, -0.05) is 18.7 Å². The molecule has 7 nitrogen and oxygen atoms in total. The summed E-state index contributed by atoms with van der Waals surface area (Å²) >= 11 is 1.34. The second-order valence-electron chi connectivity index (χ2n) is 10.4. The summed E-state index contributed by atoms with van der Waals surface area (Å²) in [5.41, 5.74) is 3.55. The Balaban J connectivity index is 1.68. The number of rotatable bonds is 4. The molecule has 3 atom stereocenters. The molecule has 5 rings (SSSR count). The number of methoxy groups -OCH3 is 1. The van der Waals surface area contributed by atoms with E-state index in [0.29, 0.717) is 54.0 Å². The van der Waals surface area contributed by atoms with Crippen LogP contribution < -0.4 is 10.5 Å². The number of hydrogen-bond donors (Lipinski definition) is 1. The van der Waals surface area contributed by atoms with Crippen LogP contribution >= 0.6 is 11.8 Å². The van der Waals surface area contributed by atoms with Gasteiger partial charge in [-0.05, 0) is 43.7 Å². The molecule has 1 amide bonds. The van der Waals surface area contributed by atoms with E-state index in [4.69, 9.17) is 4.74 Å². The maximum Gasteiger partial charge on any atom is 0.417 e. The van der Waals surface area contributed by atoms with Crippen molar-refractivity contribution in [3.05, 3.63) is 59.9 Å². The first-order valence-electron chi connectivity index (χ1n) is 13.0. The lowest BCUT2D eigenvalue weighted by atomic mass is 9.93. The highest BCUT2D eigenvalue weighted by Gasteiger charge is 2.42. The lowest BCUT2D eigenvalue weighted by Crippen LogP contribution is -2.60. The van der Waals surface area contributed by atoms with E-state index in [9.17, 15) is 22.4 Å². The molecule has 1 N–H and O–H groups in total. The third kappa shape index (κ3) is 5.14. The first-order chi connectivity index (χ1) is 19.0. The standard InChI is InChI=1S/C28H31F4N5O2S/c1-5-23(38)37-16(2)11-35(12-17(37)3)27-21-10-22(28(30,31)32)24(19-6-8-20(29)9-7-19)26-25(21)36(34-33-27)13-18(14-39-4)15-40-26/h5-10,16-18,34H,1,11-15H2,2-4H3. The monoisotopic (exact) mass is 577 g/mol. The van der Waals surface area contributed by atoms with E-state index >= 15 is 0 Å². The van der Waals surface area contributed by atoms with Gasteiger partial charge in [-0.2, -0.15) is 13.2 Å². The van der Waals surface area contributed by atoms with Crippen LogP contribution in [0.2, 0.25) is 0 Å². The Morgan fingerprint density at radius 3 is 2.48 bits per heavy atom. The SMILES string of the molecule is C=CC(=O)N1C(C)CN(C2=NNN3CC(COC)CSc4c(-c5ccc(F)cc5)c(C(F)(F)F)cc2c43)CC1C. The third-order valence-electron chi connectivity index (χ3n) is 7.44. The van der Waals surface area contributed by atoms with Crippen LogP contribution in [0.25, 0.3) is 11.1 Å². The summed E-state index contributed by atoms with van der Waals surface area (Å²) in [6, 6.07) is 5.85. The molecule has 214 valence electrons. The Morgan fingerprint density at radius 2 is 1.88 bits per heavy atom. The molecule has 0 radical (unpaired) electrons. The maximum atomic E-state index is 14.7. The van der Waals surface area contributed by atoms with Crippen LogP contribution in [0.3, 0.4) is 0 Å². The van der Waals surface area contributed by atoms with Crippen LogP contribution in [0.1, 0.15) is 25.0 Å². The van der Waals surface area contributed by atoms with Gasteiger partial charge in [-0.3, -0.25) is 9.80 Å². The van der Waals surface area contributed by atoms with Crippen molar-refractivity contribution in [3.8, 4) is 11.1 Å². The molecule has 0 aliphatic carbocycles. The molecule has 0 bridgehead atoms. The van der Waals surface area contributed by atoms with Gasteiger partial charge in [0.15, 0.2) is 5.84 Å². The summed E-state index contributed by atoms with van der Waals surface area (Å²) in [6.07, 6.45) is -3.40. The highest BCUT2D eigenvalue weighted by molar-refractivity contribution is 7.99. The second-order valence-corrected chi connectivity index (χ2v) is 11.4. The summed E-state index contributed by atoms with van der Waals surface area (Å²) in [7, 11) is 1.60. The number of hydrazine groups is 1. The summed E-state index contributed by atoms with van der Waals surface area (Å²) in [6.45, 7) is 9.07. The van der Waals surface area contributed by atoms with Crippen LogP contribution in [0, 0.1) is 11.7 Å². The number of alkyl halides is 3. The first kappa shape index (κ1) is 28.3. The molecule has 2 aromatic carbocycles. The predicted octanol–water partition coefficient (Wildman–Crippen LogP) is 4.97. The topological polar surface area (TPSA) is 60.4 Å². The van der Waals surface area contributed by atoms with Gasteiger partial charge in [0, 0.05) is 66.5 Å². The Labute approximate surface area is 234 Å². The minimum absolute atomic E-state index is 0.0170. The Morgan fingerprint density at radius 1 is 1.20 bits per heavy atom. The number of benzene rings is 2. The van der Waals surface area contributed by atoms with E-state index in [1.165, 1.54) is 42.1 Å². The fourth-order valence-corrected chi connectivity index (χ4v) is 7.16. The number of carbonyl (C=O) groups excluding carboxylic acids is 1. The van der Waals surface area contributed by atoms with Crippen LogP contribution in [-0.2, 0) is 15.7 Å². The van der Waals surface area contributed by atoms with Crippen molar-refractivity contribution in [3.63, 3.8) is 0 Å². The molecular weight excluding hydrogens is 546 g/mol. The largest absolute Gasteiger partial charge is 0.417 e. The van der Waals surface area contributed by atoms with Crippen molar-refractivity contribution in [2.24, 2.45) is 11.0 Å². The molecular formula is C28H31F4N5O2S. The molecule has 0 spiro atoms. The van der Waals surface area contributed by atoms with Crippen molar-refractivity contribution in [1.29, 1.82) is 0 Å². The van der Waals surface area contributed by atoms with Crippen LogP contribution in [-0.4, -0.2) is 72.7 Å². The van der Waals surface area contributed by atoms with Gasteiger partial charge >= 0.3 is 6.18 Å². The predicted molar refractivity (Wildman–Crippen MR) is 147 cm³/mol. The van der Waals surface area contributed by atoms with E-state index in [0.717, 1.165) is 6.07 Å². The van der Waals surface area contributed by atoms with E-state index < -0.39 is 17.6 Å². The van der Waals surface area contributed by atoms with Crippen molar-refractivity contribution in [1.82, 2.24) is 15.3 Å². The number of nitrogens with zero attached hydrogens (tertiary/aromatic N) is 4. The molecule has 1 saturated heterocycles. The Kier molecular flexibility index (Phi) is 7.75. The number of piperazine rings is 1. The number of halogens is 4. The summed E-state index contributed by atoms with van der Waals surface area (Å²) in [5.74, 6) is 0.220. The number of amides is 1. The number of amidine groups is 1. The summed E-state index contributed by atoms with van der Waals surface area (Å²) in [4.78, 5) is 16.6. The maximum absolute atomic E-state index is 14.7. The van der Waals surface area contributed by atoms with Crippen LogP contribution in [0.15, 0.2) is 53.0 Å². The van der Waals surface area contributed by atoms with Gasteiger partial charge in [0.25, 0.3) is 0 Å². The average molecular weight is 578 g/mol. The molecule has 12 heteroatoms. The molecule has 1 fully saturated rings. The van der Waals surface area contributed by atoms with Crippen molar-refractivity contribution in [2.45, 2.75) is 37.0 Å². The number of anilines is 1. The zero-order chi connectivity index (χ0) is 28.8. The fraction of sp³-hybridized carbons (Fsp3) is 0.429. The van der Waals surface area contributed by atoms with E-state index in [1.54, 1.807) is 17.0 Å². The first-order valence-corrected chi connectivity index (χ1v) is 14.0. The molecule has 2 aromatic rings. The Bertz CT molecular complexity index is 1320. The van der Waals surface area contributed by atoms with Gasteiger partial charge in [0.05, 0.1) is 17.9 Å². The highest BCUT2D eigenvalue weighted by Crippen LogP contribution is 2.50. The molecule has 0 saturated carbocycles. The van der Waals surface area contributed by atoms with Gasteiger partial charge in [0.2, 0.25) is 5.91 Å². The van der Waals surface area contributed by atoms with E-state index in [2.05, 4.69) is 17.2 Å². The zero-order valence-corrected chi connectivity index (χ0v) is 23.3. The number of thioether (sulfide) groups is 1. The van der Waals surface area contributed by atoms with Crippen LogP contribution in [0.5, 0.6) is 0 Å². The van der Waals surface area contributed by atoms with Crippen LogP contribution in [0.4, 0.5) is 23.2 Å². The molecule has 40 heavy (non-hydrogen) atoms. The lowest BCUT2D eigenvalue weighted by Gasteiger charge is -2.46. The fourth-order valence-electron chi connectivity index (χ4n) is 5.83. The highest BCUT2D eigenvalue weighted by atomic mass is 32.2. The van der Waals surface area contributed by atoms with Gasteiger partial charge in [-0.25, -0.2) is 9.93 Å². The summed E-state index contributed by atoms with van der Waals surface area (Å²) in [5, 5.41) is 6.37. The minimum Gasteiger partial charge on any atom is -0.384 e. The molecule has 3 unspecified atom stereocenters. The second kappa shape index (κ2) is 11.0. The number of hydrazone groups is 1. The summed E-state index contributed by atoms with van der Waals surface area (Å²) < 4.78 is 63.4. The number of nitrogens with one attached hydrogen (secondary N) is 1. The molecule has 3 aliphatic heterocycles. The number of ether oxygens (including phenoxy) is 1. The Hall–Kier alpha value is -3.25. The van der Waals surface area contributed by atoms with Crippen molar-refractivity contribution >= 4 is 29.2 Å². The number of carbonyl (C=O) groups is 1. The van der Waals surface area contributed by atoms with Crippen molar-refractivity contribution in [2.75, 3.05) is 44.1 Å². The molecule has 0 aromatic heterocycles. The zero-order valence-electron chi connectivity index (χ0n) is 22.5. The molecule has 3 heterocycles. The third-order valence-corrected chi connectivity index (χ3v) is 8.76. The van der Waals surface area contributed by atoms with Gasteiger partial charge in [0.1, 0.15) is 5.82 Å².